The van der Waals surface area contributed by atoms with Crippen LogP contribution in [0.1, 0.15) is 62.9 Å². The van der Waals surface area contributed by atoms with Crippen molar-refractivity contribution in [2.24, 2.45) is 5.10 Å². The molecule has 3 saturated heterocycles. The zero-order valence-electron chi connectivity index (χ0n) is 22.7. The van der Waals surface area contributed by atoms with Gasteiger partial charge in [0.15, 0.2) is 0 Å². The molecule has 1 aromatic carbocycles. The molecule has 9 heteroatoms. The first kappa shape index (κ1) is 26.3. The van der Waals surface area contributed by atoms with E-state index >= 15 is 0 Å². The van der Waals surface area contributed by atoms with Crippen LogP contribution < -0.4 is 4.90 Å². The molecule has 2 atom stereocenters. The highest BCUT2D eigenvalue weighted by Crippen LogP contribution is 2.34. The van der Waals surface area contributed by atoms with Crippen LogP contribution in [0.3, 0.4) is 0 Å². The number of benzene rings is 1. The quantitative estimate of drug-likeness (QED) is 0.524. The van der Waals surface area contributed by atoms with Gasteiger partial charge >= 0.3 is 0 Å². The van der Waals surface area contributed by atoms with Gasteiger partial charge in [-0.3, -0.25) is 5.01 Å². The fourth-order valence-corrected chi connectivity index (χ4v) is 7.49. The highest BCUT2D eigenvalue weighted by molar-refractivity contribution is 7.89. The third kappa shape index (κ3) is 5.18. The van der Waals surface area contributed by atoms with Gasteiger partial charge in [0.05, 0.1) is 35.7 Å². The summed E-state index contributed by atoms with van der Waals surface area (Å²) in [4.78, 5) is 2.72. The second kappa shape index (κ2) is 10.8. The van der Waals surface area contributed by atoms with Crippen LogP contribution in [-0.2, 0) is 14.8 Å². The summed E-state index contributed by atoms with van der Waals surface area (Å²) in [5.41, 5.74) is 5.21. The fourth-order valence-electron chi connectivity index (χ4n) is 6.06. The van der Waals surface area contributed by atoms with Crippen LogP contribution in [0.5, 0.6) is 0 Å². The Morgan fingerprint density at radius 1 is 0.919 bits per heavy atom. The standard InChI is InChI=1S/C28H41N5O3S/c1-21-8-7-9-22(2)33(21)29-20-25-18-23(3)32(24(25)4)28-19-26(10-11-27(28)30-12-5-6-13-30)37(34,35)31-14-16-36-17-15-31/h10-11,18-22H,5-9,12-17H2,1-4H3. The first-order valence-corrected chi connectivity index (χ1v) is 15.2. The smallest absolute Gasteiger partial charge is 0.243 e. The summed E-state index contributed by atoms with van der Waals surface area (Å²) in [6, 6.07) is 8.68. The molecule has 1 aromatic heterocycles. The first-order chi connectivity index (χ1) is 17.8. The Bertz CT molecular complexity index is 1230. The number of anilines is 1. The molecule has 2 aromatic rings. The third-order valence-electron chi connectivity index (χ3n) is 8.19. The number of hydrogen-bond acceptors (Lipinski definition) is 6. The minimum atomic E-state index is -3.60. The molecule has 0 radical (unpaired) electrons. The summed E-state index contributed by atoms with van der Waals surface area (Å²) in [7, 11) is -3.60. The van der Waals surface area contributed by atoms with E-state index < -0.39 is 10.0 Å². The SMILES string of the molecule is Cc1cc(C=NN2C(C)CCCC2C)c(C)n1-c1cc(S(=O)(=O)N2CCOCC2)ccc1N1CCCC1. The van der Waals surface area contributed by atoms with Crippen molar-refractivity contribution in [3.8, 4) is 5.69 Å². The van der Waals surface area contributed by atoms with Crippen molar-refractivity contribution in [1.29, 1.82) is 0 Å². The van der Waals surface area contributed by atoms with Gasteiger partial charge in [-0.25, -0.2) is 8.42 Å². The predicted octanol–water partition coefficient (Wildman–Crippen LogP) is 4.31. The molecule has 202 valence electrons. The number of aromatic nitrogens is 1. The van der Waals surface area contributed by atoms with Crippen molar-refractivity contribution in [3.63, 3.8) is 0 Å². The highest BCUT2D eigenvalue weighted by atomic mass is 32.2. The summed E-state index contributed by atoms with van der Waals surface area (Å²) in [5.74, 6) is 0. The van der Waals surface area contributed by atoms with Gasteiger partial charge in [0.2, 0.25) is 10.0 Å². The number of morpholine rings is 1. The number of hydrazone groups is 1. The molecule has 8 nitrogen and oxygen atoms in total. The minimum absolute atomic E-state index is 0.339. The molecule has 0 aliphatic carbocycles. The van der Waals surface area contributed by atoms with Crippen molar-refractivity contribution in [2.75, 3.05) is 44.3 Å². The molecule has 0 amide bonds. The van der Waals surface area contributed by atoms with Gasteiger partial charge in [-0.2, -0.15) is 9.41 Å². The number of nitrogens with zero attached hydrogens (tertiary/aromatic N) is 5. The number of hydrogen-bond donors (Lipinski definition) is 0. The van der Waals surface area contributed by atoms with Gasteiger partial charge < -0.3 is 14.2 Å². The summed E-state index contributed by atoms with van der Waals surface area (Å²) in [6.45, 7) is 12.3. The van der Waals surface area contributed by atoms with Crippen LogP contribution in [0, 0.1) is 13.8 Å². The van der Waals surface area contributed by atoms with E-state index in [2.05, 4.69) is 48.2 Å². The molecule has 0 saturated carbocycles. The van der Waals surface area contributed by atoms with Crippen molar-refractivity contribution in [3.05, 3.63) is 41.2 Å². The molecular formula is C28H41N5O3S. The molecule has 3 aliphatic rings. The molecule has 5 rings (SSSR count). The predicted molar refractivity (Wildman–Crippen MR) is 148 cm³/mol. The molecule has 3 aliphatic heterocycles. The molecule has 0 spiro atoms. The van der Waals surface area contributed by atoms with Crippen molar-refractivity contribution in [2.45, 2.75) is 76.8 Å². The Labute approximate surface area is 221 Å². The van der Waals surface area contributed by atoms with E-state index in [4.69, 9.17) is 9.84 Å². The molecule has 4 heterocycles. The molecule has 0 N–H and O–H groups in total. The van der Waals surface area contributed by atoms with Gasteiger partial charge in [0, 0.05) is 55.2 Å². The van der Waals surface area contributed by atoms with Crippen LogP contribution in [0.4, 0.5) is 5.69 Å². The fraction of sp³-hybridized carbons (Fsp3) is 0.607. The van der Waals surface area contributed by atoms with Gasteiger partial charge in [-0.15, -0.1) is 0 Å². The summed E-state index contributed by atoms with van der Waals surface area (Å²) in [5, 5.41) is 7.15. The van der Waals surface area contributed by atoms with Crippen LogP contribution in [-0.4, -0.2) is 80.0 Å². The van der Waals surface area contributed by atoms with E-state index in [0.29, 0.717) is 43.3 Å². The Hall–Kier alpha value is -2.36. The van der Waals surface area contributed by atoms with E-state index in [0.717, 1.165) is 54.3 Å². The normalized spacial score (nSPS) is 23.9. The maximum absolute atomic E-state index is 13.5. The second-order valence-corrected chi connectivity index (χ2v) is 12.7. The van der Waals surface area contributed by atoms with E-state index in [1.165, 1.54) is 19.3 Å². The van der Waals surface area contributed by atoms with Crippen molar-refractivity contribution in [1.82, 2.24) is 13.9 Å². The molecule has 2 unspecified atom stereocenters. The monoisotopic (exact) mass is 527 g/mol. The van der Waals surface area contributed by atoms with E-state index in [-0.39, 0.29) is 0 Å². The van der Waals surface area contributed by atoms with Crippen LogP contribution in [0.15, 0.2) is 34.3 Å². The number of sulfonamides is 1. The van der Waals surface area contributed by atoms with Crippen molar-refractivity contribution >= 4 is 21.9 Å². The van der Waals surface area contributed by atoms with Gasteiger partial charge in [0.1, 0.15) is 0 Å². The zero-order chi connectivity index (χ0) is 26.2. The number of piperidine rings is 1. The topological polar surface area (TPSA) is 70.4 Å². The summed E-state index contributed by atoms with van der Waals surface area (Å²) < 4.78 is 36.2. The Morgan fingerprint density at radius 2 is 1.59 bits per heavy atom. The Morgan fingerprint density at radius 3 is 2.27 bits per heavy atom. The lowest BCUT2D eigenvalue weighted by Gasteiger charge is -2.36. The van der Waals surface area contributed by atoms with Crippen molar-refractivity contribution < 1.29 is 13.2 Å². The molecular weight excluding hydrogens is 486 g/mol. The molecule has 37 heavy (non-hydrogen) atoms. The average Bonchev–Trinajstić information content (AvgIpc) is 3.52. The lowest BCUT2D eigenvalue weighted by Crippen LogP contribution is -2.40. The Kier molecular flexibility index (Phi) is 7.65. The maximum Gasteiger partial charge on any atom is 0.243 e. The van der Waals surface area contributed by atoms with Gasteiger partial charge in [0.25, 0.3) is 0 Å². The van der Waals surface area contributed by atoms with E-state index in [1.807, 2.05) is 18.3 Å². The van der Waals surface area contributed by atoms with Crippen LogP contribution in [0.25, 0.3) is 5.69 Å². The lowest BCUT2D eigenvalue weighted by atomic mass is 10.00. The van der Waals surface area contributed by atoms with Crippen LogP contribution in [0.2, 0.25) is 0 Å². The number of ether oxygens (including phenoxy) is 1. The summed E-state index contributed by atoms with van der Waals surface area (Å²) in [6.07, 6.45) is 7.89. The zero-order valence-corrected chi connectivity index (χ0v) is 23.5. The lowest BCUT2D eigenvalue weighted by molar-refractivity contribution is 0.0730. The molecule has 3 fully saturated rings. The van der Waals surface area contributed by atoms with E-state index in [9.17, 15) is 8.42 Å². The number of aryl methyl sites for hydroxylation is 1. The van der Waals surface area contributed by atoms with E-state index in [1.54, 1.807) is 10.4 Å². The van der Waals surface area contributed by atoms with Gasteiger partial charge in [-0.1, -0.05) is 0 Å². The minimum Gasteiger partial charge on any atom is -0.379 e. The summed E-state index contributed by atoms with van der Waals surface area (Å²) >= 11 is 0. The average molecular weight is 528 g/mol. The highest BCUT2D eigenvalue weighted by Gasteiger charge is 2.29. The van der Waals surface area contributed by atoms with Gasteiger partial charge in [-0.05, 0) is 84.1 Å². The second-order valence-electron chi connectivity index (χ2n) is 10.8. The number of rotatable bonds is 6. The van der Waals surface area contributed by atoms with Crippen LogP contribution >= 0.6 is 0 Å². The maximum atomic E-state index is 13.5. The largest absolute Gasteiger partial charge is 0.379 e. The molecule has 0 bridgehead atoms. The Balaban J connectivity index is 1.55. The first-order valence-electron chi connectivity index (χ1n) is 13.8. The third-order valence-corrected chi connectivity index (χ3v) is 10.1.